The minimum Gasteiger partial charge on any atom is -0.493 e. The molecule has 0 atom stereocenters. The highest BCUT2D eigenvalue weighted by molar-refractivity contribution is 6.34. The van der Waals surface area contributed by atoms with E-state index in [0.29, 0.717) is 23.3 Å². The van der Waals surface area contributed by atoms with Crippen molar-refractivity contribution in [2.45, 2.75) is 32.6 Å². The Kier molecular flexibility index (Phi) is 8.13. The molecule has 7 heteroatoms. The summed E-state index contributed by atoms with van der Waals surface area (Å²) in [5.41, 5.74) is 0.759. The molecule has 0 unspecified atom stereocenters. The normalized spacial score (nSPS) is 15.8. The summed E-state index contributed by atoms with van der Waals surface area (Å²) >= 11 is 6.14. The number of fused-ring (bicyclic) bond motifs is 1. The van der Waals surface area contributed by atoms with Crippen LogP contribution in [0.15, 0.2) is 18.5 Å². The molecule has 1 aliphatic heterocycles. The SMILES string of the molecule is CCCCCN1CCN(CCCOc2cc3ncnc(Cl)c3cc2OC)CC1. The third-order valence-corrected chi connectivity index (χ3v) is 5.59. The fourth-order valence-electron chi connectivity index (χ4n) is 3.60. The molecule has 1 fully saturated rings. The quantitative estimate of drug-likeness (QED) is 0.441. The number of ether oxygens (including phenoxy) is 2. The Morgan fingerprint density at radius 1 is 0.964 bits per heavy atom. The molecule has 2 aromatic rings. The Morgan fingerprint density at radius 3 is 2.36 bits per heavy atom. The van der Waals surface area contributed by atoms with Gasteiger partial charge in [0.05, 0.1) is 19.2 Å². The van der Waals surface area contributed by atoms with Gasteiger partial charge in [-0.3, -0.25) is 0 Å². The summed E-state index contributed by atoms with van der Waals surface area (Å²) in [7, 11) is 1.63. The van der Waals surface area contributed by atoms with Crippen LogP contribution in [0.1, 0.15) is 32.6 Å². The highest BCUT2D eigenvalue weighted by atomic mass is 35.5. The monoisotopic (exact) mass is 406 g/mol. The predicted molar refractivity (Wildman–Crippen MR) is 114 cm³/mol. The molecule has 1 aromatic carbocycles. The summed E-state index contributed by atoms with van der Waals surface area (Å²) in [4.78, 5) is 13.4. The maximum absolute atomic E-state index is 6.14. The molecule has 3 rings (SSSR count). The Bertz CT molecular complexity index is 751. The summed E-state index contributed by atoms with van der Waals surface area (Å²) in [5, 5.41) is 1.19. The fourth-order valence-corrected chi connectivity index (χ4v) is 3.79. The first-order valence-electron chi connectivity index (χ1n) is 10.3. The molecule has 154 valence electrons. The Morgan fingerprint density at radius 2 is 1.68 bits per heavy atom. The number of aromatic nitrogens is 2. The van der Waals surface area contributed by atoms with Crippen LogP contribution in [0.4, 0.5) is 0 Å². The predicted octanol–water partition coefficient (Wildman–Crippen LogP) is 3.87. The van der Waals surface area contributed by atoms with Gasteiger partial charge in [-0.1, -0.05) is 31.4 Å². The van der Waals surface area contributed by atoms with E-state index in [-0.39, 0.29) is 0 Å². The van der Waals surface area contributed by atoms with Crippen LogP contribution in [0.3, 0.4) is 0 Å². The molecule has 0 saturated carbocycles. The van der Waals surface area contributed by atoms with Crippen molar-refractivity contribution in [3.8, 4) is 11.5 Å². The smallest absolute Gasteiger partial charge is 0.163 e. The lowest BCUT2D eigenvalue weighted by Crippen LogP contribution is -2.46. The second-order valence-electron chi connectivity index (χ2n) is 7.28. The summed E-state index contributed by atoms with van der Waals surface area (Å²) in [6.45, 7) is 9.90. The lowest BCUT2D eigenvalue weighted by molar-refractivity contribution is 0.124. The van der Waals surface area contributed by atoms with Crippen LogP contribution in [0.2, 0.25) is 5.15 Å². The van der Waals surface area contributed by atoms with E-state index in [1.54, 1.807) is 7.11 Å². The van der Waals surface area contributed by atoms with Gasteiger partial charge >= 0.3 is 0 Å². The van der Waals surface area contributed by atoms with Crippen LogP contribution < -0.4 is 9.47 Å². The first kappa shape index (κ1) is 21.1. The molecule has 6 nitrogen and oxygen atoms in total. The molecular weight excluding hydrogens is 376 g/mol. The Hall–Kier alpha value is -1.63. The summed E-state index contributed by atoms with van der Waals surface area (Å²) in [5.74, 6) is 1.36. The van der Waals surface area contributed by atoms with Crippen LogP contribution in [-0.4, -0.2) is 72.8 Å². The molecule has 1 saturated heterocycles. The fraction of sp³-hybridized carbons (Fsp3) is 0.619. The summed E-state index contributed by atoms with van der Waals surface area (Å²) < 4.78 is 11.4. The molecule has 2 heterocycles. The molecule has 1 aliphatic rings. The van der Waals surface area contributed by atoms with E-state index in [2.05, 4.69) is 26.7 Å². The second kappa shape index (κ2) is 10.8. The zero-order valence-corrected chi connectivity index (χ0v) is 17.7. The number of halogens is 1. The Balaban J connectivity index is 1.43. The van der Waals surface area contributed by atoms with Gasteiger partial charge in [-0.2, -0.15) is 0 Å². The van der Waals surface area contributed by atoms with Gasteiger partial charge in [0, 0.05) is 44.2 Å². The van der Waals surface area contributed by atoms with E-state index in [1.165, 1.54) is 45.2 Å². The third-order valence-electron chi connectivity index (χ3n) is 5.29. The number of rotatable bonds is 10. The van der Waals surface area contributed by atoms with E-state index >= 15 is 0 Å². The van der Waals surface area contributed by atoms with E-state index < -0.39 is 0 Å². The van der Waals surface area contributed by atoms with Gasteiger partial charge in [-0.25, -0.2) is 9.97 Å². The van der Waals surface area contributed by atoms with Gasteiger partial charge in [0.2, 0.25) is 0 Å². The standard InChI is InChI=1S/C21H31ClN4O2/c1-3-4-5-7-25-9-11-26(12-10-25)8-6-13-28-20-15-18-17(14-19(20)27-2)21(22)24-16-23-18/h14-16H,3-13H2,1-2H3. The van der Waals surface area contributed by atoms with Crippen molar-refractivity contribution in [2.24, 2.45) is 0 Å². The minimum absolute atomic E-state index is 0.420. The van der Waals surface area contributed by atoms with Gasteiger partial charge in [0.25, 0.3) is 0 Å². The minimum atomic E-state index is 0.420. The Labute approximate surface area is 172 Å². The zero-order valence-electron chi connectivity index (χ0n) is 17.0. The van der Waals surface area contributed by atoms with Gasteiger partial charge in [-0.15, -0.1) is 0 Å². The number of hydrogen-bond donors (Lipinski definition) is 0. The van der Waals surface area contributed by atoms with Crippen molar-refractivity contribution >= 4 is 22.5 Å². The number of hydrogen-bond acceptors (Lipinski definition) is 6. The molecule has 28 heavy (non-hydrogen) atoms. The first-order valence-corrected chi connectivity index (χ1v) is 10.6. The van der Waals surface area contributed by atoms with E-state index in [9.17, 15) is 0 Å². The maximum Gasteiger partial charge on any atom is 0.163 e. The zero-order chi connectivity index (χ0) is 19.8. The van der Waals surface area contributed by atoms with Crippen molar-refractivity contribution in [1.29, 1.82) is 0 Å². The van der Waals surface area contributed by atoms with E-state index in [1.807, 2.05) is 12.1 Å². The second-order valence-corrected chi connectivity index (χ2v) is 7.64. The van der Waals surface area contributed by atoms with Crippen LogP contribution in [0, 0.1) is 0 Å². The van der Waals surface area contributed by atoms with Crippen LogP contribution >= 0.6 is 11.6 Å². The van der Waals surface area contributed by atoms with Crippen LogP contribution in [0.5, 0.6) is 11.5 Å². The number of piperazine rings is 1. The number of unbranched alkanes of at least 4 members (excludes halogenated alkanes) is 2. The summed E-state index contributed by atoms with van der Waals surface area (Å²) in [6.07, 6.45) is 6.41. The number of nitrogens with zero attached hydrogens (tertiary/aromatic N) is 4. The average molecular weight is 407 g/mol. The number of methoxy groups -OCH3 is 1. The highest BCUT2D eigenvalue weighted by Gasteiger charge is 2.16. The van der Waals surface area contributed by atoms with Gasteiger partial charge < -0.3 is 19.3 Å². The lowest BCUT2D eigenvalue weighted by atomic mass is 10.2. The van der Waals surface area contributed by atoms with Crippen molar-refractivity contribution in [3.63, 3.8) is 0 Å². The van der Waals surface area contributed by atoms with Crippen molar-refractivity contribution in [2.75, 3.05) is 53.0 Å². The topological polar surface area (TPSA) is 50.7 Å². The van der Waals surface area contributed by atoms with Crippen molar-refractivity contribution in [1.82, 2.24) is 19.8 Å². The average Bonchev–Trinajstić information content (AvgIpc) is 2.72. The molecule has 0 aliphatic carbocycles. The first-order chi connectivity index (χ1) is 13.7. The third kappa shape index (κ3) is 5.69. The van der Waals surface area contributed by atoms with E-state index in [4.69, 9.17) is 21.1 Å². The van der Waals surface area contributed by atoms with Gasteiger partial charge in [-0.05, 0) is 25.5 Å². The van der Waals surface area contributed by atoms with Gasteiger partial charge in [0.15, 0.2) is 11.5 Å². The molecule has 0 bridgehead atoms. The molecular formula is C21H31ClN4O2. The van der Waals surface area contributed by atoms with Crippen LogP contribution in [-0.2, 0) is 0 Å². The lowest BCUT2D eigenvalue weighted by Gasteiger charge is -2.34. The van der Waals surface area contributed by atoms with Crippen molar-refractivity contribution < 1.29 is 9.47 Å². The summed E-state index contributed by atoms with van der Waals surface area (Å²) in [6, 6.07) is 3.71. The molecule has 0 N–H and O–H groups in total. The van der Waals surface area contributed by atoms with E-state index in [0.717, 1.165) is 37.0 Å². The maximum atomic E-state index is 6.14. The van der Waals surface area contributed by atoms with Crippen LogP contribution in [0.25, 0.3) is 10.9 Å². The highest BCUT2D eigenvalue weighted by Crippen LogP contribution is 2.33. The van der Waals surface area contributed by atoms with Crippen molar-refractivity contribution in [3.05, 3.63) is 23.6 Å². The molecule has 0 spiro atoms. The molecule has 0 amide bonds. The largest absolute Gasteiger partial charge is 0.493 e. The number of benzene rings is 1. The molecule has 1 aromatic heterocycles. The van der Waals surface area contributed by atoms with Gasteiger partial charge in [0.1, 0.15) is 11.5 Å². The molecule has 0 radical (unpaired) electrons.